The number of carbonyl (C=O) groups excluding carboxylic acids is 1. The van der Waals surface area contributed by atoms with Crippen LogP contribution in [0.3, 0.4) is 0 Å². The first-order valence-corrected chi connectivity index (χ1v) is 6.12. The van der Waals surface area contributed by atoms with E-state index in [1.165, 1.54) is 19.2 Å². The van der Waals surface area contributed by atoms with Crippen LogP contribution in [0.5, 0.6) is 5.75 Å². The van der Waals surface area contributed by atoms with Crippen LogP contribution < -0.4 is 4.74 Å². The molecule has 0 aliphatic heterocycles. The van der Waals surface area contributed by atoms with E-state index in [-0.39, 0.29) is 12.2 Å². The topological polar surface area (TPSA) is 55.8 Å². The summed E-state index contributed by atoms with van der Waals surface area (Å²) in [6.07, 6.45) is -3.67. The normalized spacial score (nSPS) is 13.8. The number of aliphatic hydroxyl groups excluding tert-OH is 1. The van der Waals surface area contributed by atoms with Crippen LogP contribution >= 0.6 is 15.9 Å². The number of carbonyl (C=O) groups is 1. The van der Waals surface area contributed by atoms with E-state index in [4.69, 9.17) is 4.74 Å². The van der Waals surface area contributed by atoms with Gasteiger partial charge in [0.25, 0.3) is 0 Å². The molecule has 1 N–H and O–H groups in total. The third kappa shape index (κ3) is 3.43. The first-order chi connectivity index (χ1) is 8.51. The van der Waals surface area contributed by atoms with Gasteiger partial charge in [0, 0.05) is 0 Å². The standard InChI is InChI=1S/C12H14BrFO4/c1-3-18-12(16)10(14)11(15)7-4-5-9(17-2)8(13)6-7/h4-6,10-11,15H,3H2,1-2H3. The maximum atomic E-state index is 13.6. The SMILES string of the molecule is CCOC(=O)C(F)C(O)c1ccc(OC)c(Br)c1. The number of hydrogen-bond acceptors (Lipinski definition) is 4. The highest BCUT2D eigenvalue weighted by Gasteiger charge is 2.29. The average molecular weight is 321 g/mol. The zero-order chi connectivity index (χ0) is 13.7. The third-order valence-electron chi connectivity index (χ3n) is 2.31. The van der Waals surface area contributed by atoms with Gasteiger partial charge < -0.3 is 14.6 Å². The molecule has 18 heavy (non-hydrogen) atoms. The number of methoxy groups -OCH3 is 1. The minimum atomic E-state index is -2.11. The van der Waals surface area contributed by atoms with Crippen LogP contribution in [0.1, 0.15) is 18.6 Å². The molecular weight excluding hydrogens is 307 g/mol. The van der Waals surface area contributed by atoms with Crippen molar-refractivity contribution in [2.45, 2.75) is 19.2 Å². The zero-order valence-electron chi connectivity index (χ0n) is 10.0. The van der Waals surface area contributed by atoms with Gasteiger partial charge in [-0.1, -0.05) is 6.07 Å². The van der Waals surface area contributed by atoms with Crippen molar-refractivity contribution in [3.8, 4) is 5.75 Å². The molecule has 0 bridgehead atoms. The van der Waals surface area contributed by atoms with Crippen LogP contribution in [0.25, 0.3) is 0 Å². The summed E-state index contributed by atoms with van der Waals surface area (Å²) >= 11 is 3.22. The Balaban J connectivity index is 2.86. The molecule has 6 heteroatoms. The fourth-order valence-electron chi connectivity index (χ4n) is 1.39. The van der Waals surface area contributed by atoms with Gasteiger partial charge >= 0.3 is 5.97 Å². The first-order valence-electron chi connectivity index (χ1n) is 5.33. The molecule has 0 aromatic heterocycles. The lowest BCUT2D eigenvalue weighted by Gasteiger charge is -2.15. The van der Waals surface area contributed by atoms with Gasteiger partial charge in [0.05, 0.1) is 18.2 Å². The maximum Gasteiger partial charge on any atom is 0.343 e. The van der Waals surface area contributed by atoms with Gasteiger partial charge in [-0.3, -0.25) is 0 Å². The number of hydrogen-bond donors (Lipinski definition) is 1. The monoisotopic (exact) mass is 320 g/mol. The Kier molecular flexibility index (Phi) is 5.55. The smallest absolute Gasteiger partial charge is 0.343 e. The highest BCUT2D eigenvalue weighted by atomic mass is 79.9. The van der Waals surface area contributed by atoms with E-state index >= 15 is 0 Å². The van der Waals surface area contributed by atoms with E-state index in [0.717, 1.165) is 0 Å². The largest absolute Gasteiger partial charge is 0.496 e. The molecule has 0 aliphatic carbocycles. The first kappa shape index (κ1) is 14.9. The Morgan fingerprint density at radius 2 is 2.22 bits per heavy atom. The Bertz CT molecular complexity index is 425. The number of aliphatic hydroxyl groups is 1. The van der Waals surface area contributed by atoms with Crippen LogP contribution in [0.15, 0.2) is 22.7 Å². The number of alkyl halides is 1. The van der Waals surface area contributed by atoms with E-state index in [0.29, 0.717) is 10.2 Å². The molecule has 4 nitrogen and oxygen atoms in total. The van der Waals surface area contributed by atoms with Gasteiger partial charge in [0.1, 0.15) is 11.9 Å². The van der Waals surface area contributed by atoms with E-state index in [9.17, 15) is 14.3 Å². The molecule has 0 radical (unpaired) electrons. The summed E-state index contributed by atoms with van der Waals surface area (Å²) in [5.74, 6) is -0.519. The molecule has 0 amide bonds. The van der Waals surface area contributed by atoms with Gasteiger partial charge in [-0.25, -0.2) is 9.18 Å². The Morgan fingerprint density at radius 3 is 2.72 bits per heavy atom. The molecule has 0 aliphatic rings. The summed E-state index contributed by atoms with van der Waals surface area (Å²) in [6, 6.07) is 4.55. The zero-order valence-corrected chi connectivity index (χ0v) is 11.6. The van der Waals surface area contributed by atoms with Gasteiger partial charge in [-0.2, -0.15) is 0 Å². The van der Waals surface area contributed by atoms with Crippen LogP contribution in [-0.4, -0.2) is 31.0 Å². The molecule has 0 heterocycles. The molecule has 1 rings (SSSR count). The minimum absolute atomic E-state index is 0.0677. The Morgan fingerprint density at radius 1 is 1.56 bits per heavy atom. The molecule has 2 atom stereocenters. The number of benzene rings is 1. The van der Waals surface area contributed by atoms with E-state index in [1.54, 1.807) is 13.0 Å². The predicted octanol–water partition coefficient (Wildman–Crippen LogP) is 2.39. The van der Waals surface area contributed by atoms with Crippen molar-refractivity contribution in [2.24, 2.45) is 0 Å². The molecular formula is C12H14BrFO4. The van der Waals surface area contributed by atoms with Crippen molar-refractivity contribution in [1.82, 2.24) is 0 Å². The van der Waals surface area contributed by atoms with Crippen LogP contribution in [0.4, 0.5) is 4.39 Å². The van der Waals surface area contributed by atoms with Gasteiger partial charge in [-0.15, -0.1) is 0 Å². The molecule has 0 spiro atoms. The van der Waals surface area contributed by atoms with Crippen LogP contribution in [0.2, 0.25) is 0 Å². The maximum absolute atomic E-state index is 13.6. The lowest BCUT2D eigenvalue weighted by Crippen LogP contribution is -2.26. The van der Waals surface area contributed by atoms with Crippen molar-refractivity contribution < 1.29 is 23.8 Å². The fraction of sp³-hybridized carbons (Fsp3) is 0.417. The lowest BCUT2D eigenvalue weighted by molar-refractivity contribution is -0.153. The summed E-state index contributed by atoms with van der Waals surface area (Å²) in [6.45, 7) is 1.64. The molecule has 2 unspecified atom stereocenters. The number of rotatable bonds is 5. The summed E-state index contributed by atoms with van der Waals surface area (Å²) < 4.78 is 23.7. The summed E-state index contributed by atoms with van der Waals surface area (Å²) in [5, 5.41) is 9.74. The molecule has 0 saturated carbocycles. The van der Waals surface area contributed by atoms with Crippen molar-refractivity contribution in [3.05, 3.63) is 28.2 Å². The average Bonchev–Trinajstić information content (AvgIpc) is 2.37. The molecule has 1 aromatic rings. The van der Waals surface area contributed by atoms with Crippen molar-refractivity contribution >= 4 is 21.9 Å². The highest BCUT2D eigenvalue weighted by Crippen LogP contribution is 2.30. The van der Waals surface area contributed by atoms with Gasteiger partial charge in [0.2, 0.25) is 6.17 Å². The molecule has 0 fully saturated rings. The molecule has 100 valence electrons. The number of halogens is 2. The summed E-state index contributed by atoms with van der Waals surface area (Å²) in [5.41, 5.74) is 0.267. The quantitative estimate of drug-likeness (QED) is 0.846. The van der Waals surface area contributed by atoms with E-state index in [1.807, 2.05) is 0 Å². The summed E-state index contributed by atoms with van der Waals surface area (Å²) in [4.78, 5) is 11.2. The van der Waals surface area contributed by atoms with Crippen LogP contribution in [-0.2, 0) is 9.53 Å². The second kappa shape index (κ2) is 6.70. The molecule has 0 saturated heterocycles. The van der Waals surface area contributed by atoms with Gasteiger partial charge in [0.15, 0.2) is 0 Å². The van der Waals surface area contributed by atoms with E-state index < -0.39 is 18.2 Å². The highest BCUT2D eigenvalue weighted by molar-refractivity contribution is 9.10. The van der Waals surface area contributed by atoms with Gasteiger partial charge in [-0.05, 0) is 40.5 Å². The van der Waals surface area contributed by atoms with Crippen LogP contribution in [0, 0.1) is 0 Å². The third-order valence-corrected chi connectivity index (χ3v) is 2.93. The Hall–Kier alpha value is -1.14. The Labute approximate surface area is 113 Å². The second-order valence-electron chi connectivity index (χ2n) is 3.49. The van der Waals surface area contributed by atoms with Crippen molar-refractivity contribution in [2.75, 3.05) is 13.7 Å². The second-order valence-corrected chi connectivity index (χ2v) is 4.35. The fourth-order valence-corrected chi connectivity index (χ4v) is 1.94. The van der Waals surface area contributed by atoms with Crippen molar-refractivity contribution in [3.63, 3.8) is 0 Å². The predicted molar refractivity (Wildman–Crippen MR) is 67.2 cm³/mol. The van der Waals surface area contributed by atoms with E-state index in [2.05, 4.69) is 20.7 Å². The summed E-state index contributed by atoms with van der Waals surface area (Å²) in [7, 11) is 1.49. The lowest BCUT2D eigenvalue weighted by atomic mass is 10.1. The number of ether oxygens (including phenoxy) is 2. The van der Waals surface area contributed by atoms with Crippen molar-refractivity contribution in [1.29, 1.82) is 0 Å². The minimum Gasteiger partial charge on any atom is -0.496 e. The number of esters is 1. The molecule has 1 aromatic carbocycles.